The van der Waals surface area contributed by atoms with Gasteiger partial charge in [-0.1, -0.05) is 23.7 Å². The van der Waals surface area contributed by atoms with Crippen LogP contribution in [0.4, 0.5) is 0 Å². The first kappa shape index (κ1) is 18.0. The number of halogens is 1. The molecule has 3 aromatic rings. The second kappa shape index (κ2) is 7.59. The van der Waals surface area contributed by atoms with Crippen LogP contribution in [0.2, 0.25) is 5.02 Å². The van der Waals surface area contributed by atoms with Crippen molar-refractivity contribution < 1.29 is 4.79 Å². The van der Waals surface area contributed by atoms with Crippen LogP contribution in [-0.4, -0.2) is 40.6 Å². The van der Waals surface area contributed by atoms with Crippen molar-refractivity contribution in [3.05, 3.63) is 50.8 Å². The molecule has 0 aliphatic rings. The Bertz CT molecular complexity index is 964. The summed E-state index contributed by atoms with van der Waals surface area (Å²) in [5, 5.41) is 3.18. The second-order valence-corrected chi connectivity index (χ2v) is 7.91. The van der Waals surface area contributed by atoms with Crippen LogP contribution in [0.25, 0.3) is 21.3 Å². The van der Waals surface area contributed by atoms with Gasteiger partial charge in [0.05, 0.1) is 16.9 Å². The number of amides is 1. The van der Waals surface area contributed by atoms with Crippen LogP contribution < -0.4 is 5.56 Å². The molecule has 0 spiro atoms. The Morgan fingerprint density at radius 3 is 2.72 bits per heavy atom. The number of hydrogen-bond acceptors (Lipinski definition) is 5. The number of carbonyl (C=O) groups is 1. The summed E-state index contributed by atoms with van der Waals surface area (Å²) in [6.45, 7) is 0. The van der Waals surface area contributed by atoms with E-state index in [0.29, 0.717) is 32.6 Å². The third kappa shape index (κ3) is 4.05. The average Bonchev–Trinajstić information content (AvgIpc) is 3.00. The Morgan fingerprint density at radius 2 is 2.04 bits per heavy atom. The molecule has 130 valence electrons. The largest absolute Gasteiger partial charge is 0.348 e. The molecule has 0 aliphatic heterocycles. The maximum atomic E-state index is 12.5. The van der Waals surface area contributed by atoms with E-state index in [0.717, 1.165) is 11.1 Å². The molecule has 1 N–H and O–H groups in total. The predicted octanol–water partition coefficient (Wildman–Crippen LogP) is 3.63. The number of nitrogens with one attached hydrogen (secondary N) is 1. The van der Waals surface area contributed by atoms with Crippen LogP contribution >= 0.6 is 34.7 Å². The molecular formula is C17H16ClN3O2S2. The Morgan fingerprint density at radius 1 is 1.32 bits per heavy atom. The number of benzene rings is 1. The third-order valence-corrected chi connectivity index (χ3v) is 5.66. The van der Waals surface area contributed by atoms with E-state index in [9.17, 15) is 9.59 Å². The van der Waals surface area contributed by atoms with Gasteiger partial charge in [-0.25, -0.2) is 4.98 Å². The van der Waals surface area contributed by atoms with Gasteiger partial charge in [0.15, 0.2) is 0 Å². The Kier molecular flexibility index (Phi) is 5.46. The first-order valence-electron chi connectivity index (χ1n) is 7.50. The molecule has 25 heavy (non-hydrogen) atoms. The van der Waals surface area contributed by atoms with Crippen LogP contribution in [0.15, 0.2) is 34.4 Å². The van der Waals surface area contributed by atoms with Crippen LogP contribution in [0.3, 0.4) is 0 Å². The number of carbonyl (C=O) groups excluding carboxylic acids is 1. The van der Waals surface area contributed by atoms with Crippen molar-refractivity contribution >= 4 is 50.8 Å². The number of thioether (sulfide) groups is 1. The monoisotopic (exact) mass is 393 g/mol. The number of fused-ring (bicyclic) bond motifs is 1. The minimum Gasteiger partial charge on any atom is -0.348 e. The normalized spacial score (nSPS) is 11.0. The van der Waals surface area contributed by atoms with Gasteiger partial charge in [0.2, 0.25) is 5.91 Å². The number of rotatable bonds is 5. The highest BCUT2D eigenvalue weighted by atomic mass is 35.5. The van der Waals surface area contributed by atoms with Gasteiger partial charge in [-0.15, -0.1) is 23.1 Å². The van der Waals surface area contributed by atoms with Gasteiger partial charge < -0.3 is 9.88 Å². The minimum absolute atomic E-state index is 0.0366. The standard InChI is InChI=1S/C17H16ClN3O2S2/c1-21(2)14(22)9-24-8-13-19-16(23)15-12(7-25-17(15)20-13)10-3-5-11(18)6-4-10/h3-7H,8-9H2,1-2H3,(H,19,20,23). The zero-order chi connectivity index (χ0) is 18.0. The summed E-state index contributed by atoms with van der Waals surface area (Å²) in [6.07, 6.45) is 0. The fourth-order valence-electron chi connectivity index (χ4n) is 2.27. The highest BCUT2D eigenvalue weighted by molar-refractivity contribution is 7.99. The molecule has 2 heterocycles. The van der Waals surface area contributed by atoms with E-state index in [4.69, 9.17) is 11.6 Å². The smallest absolute Gasteiger partial charge is 0.260 e. The molecular weight excluding hydrogens is 378 g/mol. The lowest BCUT2D eigenvalue weighted by atomic mass is 10.1. The molecule has 3 rings (SSSR count). The maximum absolute atomic E-state index is 12.5. The molecule has 8 heteroatoms. The lowest BCUT2D eigenvalue weighted by Crippen LogP contribution is -2.23. The average molecular weight is 394 g/mol. The lowest BCUT2D eigenvalue weighted by Gasteiger charge is -2.09. The van der Waals surface area contributed by atoms with Crippen molar-refractivity contribution in [1.82, 2.24) is 14.9 Å². The molecule has 0 atom stereocenters. The quantitative estimate of drug-likeness (QED) is 0.718. The SMILES string of the molecule is CN(C)C(=O)CSCc1nc2scc(-c3ccc(Cl)cc3)c2c(=O)[nH]1. The van der Waals surface area contributed by atoms with E-state index in [1.807, 2.05) is 17.5 Å². The number of nitrogens with zero attached hydrogens (tertiary/aromatic N) is 2. The van der Waals surface area contributed by atoms with Gasteiger partial charge in [0, 0.05) is 30.1 Å². The molecule has 0 fully saturated rings. The van der Waals surface area contributed by atoms with Crippen molar-refractivity contribution in [2.24, 2.45) is 0 Å². The number of aromatic nitrogens is 2. The Balaban J connectivity index is 1.85. The molecule has 1 aromatic carbocycles. The summed E-state index contributed by atoms with van der Waals surface area (Å²) >= 11 is 8.80. The van der Waals surface area contributed by atoms with E-state index in [2.05, 4.69) is 9.97 Å². The van der Waals surface area contributed by atoms with Crippen LogP contribution in [-0.2, 0) is 10.5 Å². The predicted molar refractivity (Wildman–Crippen MR) is 106 cm³/mol. The second-order valence-electron chi connectivity index (χ2n) is 5.63. The highest BCUT2D eigenvalue weighted by Gasteiger charge is 2.13. The number of aromatic amines is 1. The van der Waals surface area contributed by atoms with E-state index in [-0.39, 0.29) is 11.5 Å². The van der Waals surface area contributed by atoms with Gasteiger partial charge >= 0.3 is 0 Å². The molecule has 0 aliphatic carbocycles. The summed E-state index contributed by atoms with van der Waals surface area (Å²) < 4.78 is 0. The van der Waals surface area contributed by atoms with E-state index in [1.54, 1.807) is 31.1 Å². The maximum Gasteiger partial charge on any atom is 0.260 e. The first-order valence-corrected chi connectivity index (χ1v) is 9.91. The topological polar surface area (TPSA) is 66.1 Å². The van der Waals surface area contributed by atoms with Gasteiger partial charge in [0.1, 0.15) is 10.7 Å². The summed E-state index contributed by atoms with van der Waals surface area (Å²) in [7, 11) is 3.44. The van der Waals surface area contributed by atoms with Gasteiger partial charge in [-0.3, -0.25) is 9.59 Å². The Labute approximate surface area is 158 Å². The van der Waals surface area contributed by atoms with E-state index < -0.39 is 0 Å². The summed E-state index contributed by atoms with van der Waals surface area (Å²) in [4.78, 5) is 33.7. The molecule has 0 radical (unpaired) electrons. The molecule has 0 saturated heterocycles. The highest BCUT2D eigenvalue weighted by Crippen LogP contribution is 2.31. The van der Waals surface area contributed by atoms with Gasteiger partial charge in [0.25, 0.3) is 5.56 Å². The van der Waals surface area contributed by atoms with E-state index >= 15 is 0 Å². The summed E-state index contributed by atoms with van der Waals surface area (Å²) in [5.41, 5.74) is 1.62. The molecule has 0 saturated carbocycles. The molecule has 0 unspecified atom stereocenters. The van der Waals surface area contributed by atoms with Gasteiger partial charge in [-0.05, 0) is 17.7 Å². The number of thiophene rings is 1. The minimum atomic E-state index is -0.161. The van der Waals surface area contributed by atoms with Crippen LogP contribution in [0, 0.1) is 0 Å². The Hall–Kier alpha value is -1.83. The van der Waals surface area contributed by atoms with Crippen molar-refractivity contribution in [2.75, 3.05) is 19.8 Å². The number of H-pyrrole nitrogens is 1. The van der Waals surface area contributed by atoms with Crippen molar-refractivity contribution in [3.8, 4) is 11.1 Å². The zero-order valence-corrected chi connectivity index (χ0v) is 16.1. The molecule has 1 amide bonds. The van der Waals surface area contributed by atoms with Crippen molar-refractivity contribution in [3.63, 3.8) is 0 Å². The fourth-order valence-corrected chi connectivity index (χ4v) is 4.23. The molecule has 0 bridgehead atoms. The number of hydrogen-bond donors (Lipinski definition) is 1. The van der Waals surface area contributed by atoms with Crippen molar-refractivity contribution in [2.45, 2.75) is 5.75 Å². The van der Waals surface area contributed by atoms with Crippen LogP contribution in [0.5, 0.6) is 0 Å². The summed E-state index contributed by atoms with van der Waals surface area (Å²) in [5.74, 6) is 1.46. The van der Waals surface area contributed by atoms with Crippen LogP contribution in [0.1, 0.15) is 5.82 Å². The third-order valence-electron chi connectivity index (χ3n) is 3.61. The van der Waals surface area contributed by atoms with E-state index in [1.165, 1.54) is 23.1 Å². The first-order chi connectivity index (χ1) is 12.0. The molecule has 2 aromatic heterocycles. The van der Waals surface area contributed by atoms with Crippen molar-refractivity contribution in [1.29, 1.82) is 0 Å². The lowest BCUT2D eigenvalue weighted by molar-refractivity contribution is -0.125. The summed E-state index contributed by atoms with van der Waals surface area (Å²) in [6, 6.07) is 7.38. The van der Waals surface area contributed by atoms with Gasteiger partial charge in [-0.2, -0.15) is 0 Å². The zero-order valence-electron chi connectivity index (χ0n) is 13.7. The fraction of sp³-hybridized carbons (Fsp3) is 0.235. The molecule has 5 nitrogen and oxygen atoms in total.